The van der Waals surface area contributed by atoms with E-state index in [1.54, 1.807) is 0 Å². The maximum atomic E-state index is 13.1. The minimum Gasteiger partial charge on any atom is -0.462 e. The van der Waals surface area contributed by atoms with Crippen molar-refractivity contribution in [2.75, 3.05) is 39.6 Å². The van der Waals surface area contributed by atoms with Crippen molar-refractivity contribution in [1.82, 2.24) is 0 Å². The number of aliphatic hydroxyl groups is 1. The molecule has 0 spiro atoms. The maximum Gasteiger partial charge on any atom is 0.472 e. The lowest BCUT2D eigenvalue weighted by molar-refractivity contribution is -0.161. The van der Waals surface area contributed by atoms with Gasteiger partial charge in [0.2, 0.25) is 0 Å². The molecule has 0 amide bonds. The Morgan fingerprint density at radius 3 is 0.703 bits per heavy atom. The average molecular weight is 1480 g/mol. The third-order valence-electron chi connectivity index (χ3n) is 19.4. The molecule has 0 aromatic carbocycles. The fourth-order valence-corrected chi connectivity index (χ4v) is 14.2. The van der Waals surface area contributed by atoms with E-state index in [1.165, 1.54) is 218 Å². The minimum atomic E-state index is -4.96. The van der Waals surface area contributed by atoms with Crippen LogP contribution in [0.5, 0.6) is 0 Å². The van der Waals surface area contributed by atoms with Crippen molar-refractivity contribution in [2.45, 2.75) is 440 Å². The quantitative estimate of drug-likeness (QED) is 0.0222. The van der Waals surface area contributed by atoms with Crippen LogP contribution in [0, 0.1) is 23.7 Å². The van der Waals surface area contributed by atoms with Crippen LogP contribution >= 0.6 is 15.6 Å². The molecule has 19 heteroatoms. The molecule has 0 rings (SSSR count). The lowest BCUT2D eigenvalue weighted by Crippen LogP contribution is -2.30. The van der Waals surface area contributed by atoms with Gasteiger partial charge in [0, 0.05) is 25.7 Å². The molecule has 0 aliphatic heterocycles. The molecule has 101 heavy (non-hydrogen) atoms. The molecule has 0 aromatic rings. The first kappa shape index (κ1) is 99.1. The Morgan fingerprint density at radius 2 is 0.475 bits per heavy atom. The molecule has 0 radical (unpaired) electrons. The number of unbranched alkanes of at least 4 members (excludes halogenated alkanes) is 44. The zero-order chi connectivity index (χ0) is 74.6. The van der Waals surface area contributed by atoms with Gasteiger partial charge >= 0.3 is 39.5 Å². The smallest absolute Gasteiger partial charge is 0.462 e. The number of carbonyl (C=O) groups is 4. The Morgan fingerprint density at radius 1 is 0.277 bits per heavy atom. The Hall–Kier alpha value is -1.94. The highest BCUT2D eigenvalue weighted by Gasteiger charge is 2.30. The number of phosphoric acid groups is 2. The number of carbonyl (C=O) groups excluding carboxylic acids is 4. The van der Waals surface area contributed by atoms with Gasteiger partial charge in [0.25, 0.3) is 0 Å². The topological polar surface area (TPSA) is 237 Å². The number of hydrogen-bond donors (Lipinski definition) is 3. The summed E-state index contributed by atoms with van der Waals surface area (Å²) in [4.78, 5) is 72.9. The van der Waals surface area contributed by atoms with Crippen LogP contribution in [0.4, 0.5) is 0 Å². The highest BCUT2D eigenvalue weighted by Crippen LogP contribution is 2.45. The van der Waals surface area contributed by atoms with Gasteiger partial charge in [0.1, 0.15) is 19.3 Å². The number of esters is 4. The number of aliphatic hydroxyl groups excluding tert-OH is 1. The second-order valence-electron chi connectivity index (χ2n) is 31.2. The van der Waals surface area contributed by atoms with Gasteiger partial charge in [-0.05, 0) is 49.4 Å². The van der Waals surface area contributed by atoms with Crippen LogP contribution in [0.25, 0.3) is 0 Å². The lowest BCUT2D eigenvalue weighted by Gasteiger charge is -2.21. The molecule has 0 aliphatic rings. The molecule has 0 saturated heterocycles. The van der Waals surface area contributed by atoms with Crippen molar-refractivity contribution in [3.8, 4) is 0 Å². The zero-order valence-electron chi connectivity index (χ0n) is 66.5. The van der Waals surface area contributed by atoms with Gasteiger partial charge in [0.15, 0.2) is 12.2 Å². The fourth-order valence-electron chi connectivity index (χ4n) is 12.6. The number of rotatable bonds is 79. The van der Waals surface area contributed by atoms with Crippen LogP contribution in [0.15, 0.2) is 0 Å². The summed E-state index contributed by atoms with van der Waals surface area (Å²) in [5.74, 6) is 0.966. The van der Waals surface area contributed by atoms with Crippen LogP contribution in [0.3, 0.4) is 0 Å². The normalized spacial score (nSPS) is 14.3. The summed E-state index contributed by atoms with van der Waals surface area (Å²) in [5.41, 5.74) is 0. The Labute approximate surface area is 619 Å². The third kappa shape index (κ3) is 74.7. The summed E-state index contributed by atoms with van der Waals surface area (Å²) in [6, 6.07) is 0. The molecule has 17 nitrogen and oxygen atoms in total. The molecule has 0 fully saturated rings. The van der Waals surface area contributed by atoms with E-state index in [4.69, 9.17) is 37.0 Å². The summed E-state index contributed by atoms with van der Waals surface area (Å²) in [5, 5.41) is 10.6. The Kier molecular flexibility index (Phi) is 69.6. The number of ether oxygens (including phenoxy) is 4. The first-order chi connectivity index (χ1) is 48.6. The monoisotopic (exact) mass is 1480 g/mol. The minimum absolute atomic E-state index is 0.104. The summed E-state index contributed by atoms with van der Waals surface area (Å²) in [6.07, 6.45) is 58.6. The van der Waals surface area contributed by atoms with Crippen molar-refractivity contribution < 1.29 is 80.2 Å². The predicted octanol–water partition coefficient (Wildman–Crippen LogP) is 24.4. The van der Waals surface area contributed by atoms with Crippen molar-refractivity contribution in [3.05, 3.63) is 0 Å². The molecule has 0 heterocycles. The second-order valence-corrected chi connectivity index (χ2v) is 34.1. The summed E-state index contributed by atoms with van der Waals surface area (Å²) >= 11 is 0. The van der Waals surface area contributed by atoms with Gasteiger partial charge in [-0.25, -0.2) is 9.13 Å². The van der Waals surface area contributed by atoms with Crippen LogP contribution in [-0.4, -0.2) is 96.7 Å². The maximum absolute atomic E-state index is 13.1. The van der Waals surface area contributed by atoms with Gasteiger partial charge in [-0.2, -0.15) is 0 Å². The summed E-state index contributed by atoms with van der Waals surface area (Å²) in [7, 11) is -9.92. The Balaban J connectivity index is 5.12. The SMILES string of the molecule is CCC(C)CCCCCCCCCCCCCCCCCCCCC(=O)OC[C@H](COP(=O)(O)OCC(O)COP(=O)(O)OC[C@@H](COC(=O)CCCCCCCCCC(C)C)OC(=O)CCCCCCCCCCCCCCCCCCC(C)C)OC(=O)CCCCCCCCCC(C)C. The number of hydrogen-bond acceptors (Lipinski definition) is 15. The molecule has 0 saturated carbocycles. The highest BCUT2D eigenvalue weighted by molar-refractivity contribution is 7.47. The molecular formula is C82H160O17P2. The van der Waals surface area contributed by atoms with E-state index in [9.17, 15) is 43.2 Å². The average Bonchev–Trinajstić information content (AvgIpc) is 0.926. The van der Waals surface area contributed by atoms with Gasteiger partial charge in [-0.3, -0.25) is 37.3 Å². The number of phosphoric ester groups is 2. The molecule has 0 aromatic heterocycles. The van der Waals surface area contributed by atoms with E-state index in [2.05, 4.69) is 55.4 Å². The summed E-state index contributed by atoms with van der Waals surface area (Å²) in [6.45, 7) is 14.2. The third-order valence-corrected chi connectivity index (χ3v) is 21.3. The first-order valence-electron chi connectivity index (χ1n) is 42.2. The van der Waals surface area contributed by atoms with Crippen molar-refractivity contribution in [2.24, 2.45) is 23.7 Å². The molecule has 6 atom stereocenters. The molecule has 3 N–H and O–H groups in total. The summed E-state index contributed by atoms with van der Waals surface area (Å²) < 4.78 is 68.6. The molecule has 4 unspecified atom stereocenters. The predicted molar refractivity (Wildman–Crippen MR) is 414 cm³/mol. The molecule has 0 bridgehead atoms. The van der Waals surface area contributed by atoms with E-state index in [-0.39, 0.29) is 25.7 Å². The van der Waals surface area contributed by atoms with Crippen molar-refractivity contribution in [1.29, 1.82) is 0 Å². The first-order valence-corrected chi connectivity index (χ1v) is 45.2. The van der Waals surface area contributed by atoms with E-state index in [0.29, 0.717) is 37.5 Å². The molecular weight excluding hydrogens is 1320 g/mol. The van der Waals surface area contributed by atoms with Crippen LogP contribution in [0.2, 0.25) is 0 Å². The highest BCUT2D eigenvalue weighted by atomic mass is 31.2. The Bertz CT molecular complexity index is 1970. The molecule has 0 aliphatic carbocycles. The van der Waals surface area contributed by atoms with Gasteiger partial charge < -0.3 is 33.8 Å². The van der Waals surface area contributed by atoms with E-state index < -0.39 is 97.5 Å². The van der Waals surface area contributed by atoms with Gasteiger partial charge in [-0.1, -0.05) is 370 Å². The van der Waals surface area contributed by atoms with Crippen LogP contribution < -0.4 is 0 Å². The van der Waals surface area contributed by atoms with E-state index in [1.807, 2.05) is 0 Å². The van der Waals surface area contributed by atoms with Gasteiger partial charge in [0.05, 0.1) is 26.4 Å². The van der Waals surface area contributed by atoms with E-state index in [0.717, 1.165) is 108 Å². The standard InChI is InChI=1S/C82H160O17P2/c1-9-75(8)61-53-45-37-29-25-21-17-12-10-11-13-18-22-26-30-38-46-54-62-79(84)92-68-78(99-82(87)65-57-49-41-33-36-44-52-60-74(6)7)71-97-101(90,91)95-67-76(83)66-94-100(88,89)96-70-77(69-93-80(85)63-55-47-40-32-35-43-51-59-73(4)5)98-81(86)64-56-48-39-31-27-23-19-15-14-16-20-24-28-34-42-50-58-72(2)3/h72-78,83H,9-71H2,1-8H3,(H,88,89)(H,90,91)/t75?,76?,77-,78-/m1/s1. The lowest BCUT2D eigenvalue weighted by atomic mass is 9.99. The zero-order valence-corrected chi connectivity index (χ0v) is 68.3. The molecule has 600 valence electrons. The van der Waals surface area contributed by atoms with E-state index >= 15 is 0 Å². The van der Waals surface area contributed by atoms with Gasteiger partial charge in [-0.15, -0.1) is 0 Å². The van der Waals surface area contributed by atoms with Crippen LogP contribution in [0.1, 0.15) is 421 Å². The fraction of sp³-hybridized carbons (Fsp3) is 0.951. The van der Waals surface area contributed by atoms with Crippen molar-refractivity contribution in [3.63, 3.8) is 0 Å². The largest absolute Gasteiger partial charge is 0.472 e. The van der Waals surface area contributed by atoms with Crippen molar-refractivity contribution >= 4 is 39.5 Å². The van der Waals surface area contributed by atoms with Crippen LogP contribution in [-0.2, 0) is 65.4 Å². The second kappa shape index (κ2) is 71.0.